The molecule has 0 N–H and O–H groups in total. The minimum atomic E-state index is 0.0680. The smallest absolute Gasteiger partial charge is 0.259 e. The minimum Gasteiger partial charge on any atom is -0.298 e. The van der Waals surface area contributed by atoms with Crippen molar-refractivity contribution in [3.8, 4) is 0 Å². The van der Waals surface area contributed by atoms with Gasteiger partial charge in [-0.2, -0.15) is 0 Å². The highest BCUT2D eigenvalue weighted by Crippen LogP contribution is 2.30. The average Bonchev–Trinajstić information content (AvgIpc) is 2.58. The fourth-order valence-corrected chi connectivity index (χ4v) is 3.40. The number of nitrogens with zero attached hydrogens (tertiary/aromatic N) is 4. The zero-order valence-electron chi connectivity index (χ0n) is 16.0. The van der Waals surface area contributed by atoms with Gasteiger partial charge in [0.15, 0.2) is 0 Å². The third-order valence-electron chi connectivity index (χ3n) is 5.01. The summed E-state index contributed by atoms with van der Waals surface area (Å²) in [5.41, 5.74) is 5.19. The molecule has 5 heteroatoms. The van der Waals surface area contributed by atoms with Gasteiger partial charge in [0.05, 0.1) is 13.3 Å². The normalized spacial score (nSPS) is 14.7. The highest BCUT2D eigenvalue weighted by molar-refractivity contribution is 5.63. The molecule has 1 aliphatic heterocycles. The summed E-state index contributed by atoms with van der Waals surface area (Å²) in [5.74, 6) is 0.757. The van der Waals surface area contributed by atoms with Crippen LogP contribution >= 0.6 is 0 Å². The second-order valence-corrected chi connectivity index (χ2v) is 7.10. The van der Waals surface area contributed by atoms with E-state index in [1.165, 1.54) is 11.1 Å². The van der Waals surface area contributed by atoms with Gasteiger partial charge in [0.1, 0.15) is 0 Å². The summed E-state index contributed by atoms with van der Waals surface area (Å²) in [4.78, 5) is 22.1. The van der Waals surface area contributed by atoms with Gasteiger partial charge >= 0.3 is 0 Å². The molecule has 134 valence electrons. The van der Waals surface area contributed by atoms with E-state index >= 15 is 0 Å². The summed E-state index contributed by atoms with van der Waals surface area (Å²) in [5, 5.41) is 0. The number of aromatic nitrogens is 2. The van der Waals surface area contributed by atoms with Crippen molar-refractivity contribution in [2.24, 2.45) is 0 Å². The Hall–Kier alpha value is -2.14. The van der Waals surface area contributed by atoms with Crippen LogP contribution < -0.4 is 10.5 Å². The van der Waals surface area contributed by atoms with E-state index in [1.807, 2.05) is 18.4 Å². The zero-order chi connectivity index (χ0) is 18.1. The van der Waals surface area contributed by atoms with Gasteiger partial charge in [-0.1, -0.05) is 31.0 Å². The maximum atomic E-state index is 12.8. The summed E-state index contributed by atoms with van der Waals surface area (Å²) in [6, 6.07) is 6.44. The molecule has 3 rings (SSSR count). The third-order valence-corrected chi connectivity index (χ3v) is 5.01. The molecule has 0 fully saturated rings. The summed E-state index contributed by atoms with van der Waals surface area (Å²) in [6.45, 7) is 12.6. The van der Waals surface area contributed by atoms with Crippen molar-refractivity contribution in [3.63, 3.8) is 0 Å². The Balaban J connectivity index is 2.12. The van der Waals surface area contributed by atoms with E-state index in [-0.39, 0.29) is 5.56 Å². The van der Waals surface area contributed by atoms with Crippen molar-refractivity contribution in [1.29, 1.82) is 0 Å². The quantitative estimate of drug-likeness (QED) is 0.852. The molecule has 0 saturated carbocycles. The molecular formula is C20H28N4O. The molecule has 1 aliphatic rings. The SMILES string of the molecule is CCCCN1CN(c2ccc(C)cc2C)c2nc(C)c(C)c(=O)n2C1. The van der Waals surface area contributed by atoms with Gasteiger partial charge in [-0.3, -0.25) is 19.2 Å². The van der Waals surface area contributed by atoms with Crippen LogP contribution in [0.5, 0.6) is 0 Å². The predicted octanol–water partition coefficient (Wildman–Crippen LogP) is 3.65. The van der Waals surface area contributed by atoms with Crippen molar-refractivity contribution >= 4 is 11.6 Å². The van der Waals surface area contributed by atoms with E-state index in [1.54, 1.807) is 0 Å². The minimum absolute atomic E-state index is 0.0680. The second-order valence-electron chi connectivity index (χ2n) is 7.10. The van der Waals surface area contributed by atoms with Gasteiger partial charge in [0, 0.05) is 23.5 Å². The van der Waals surface area contributed by atoms with E-state index in [4.69, 9.17) is 4.98 Å². The van der Waals surface area contributed by atoms with E-state index in [2.05, 4.69) is 48.8 Å². The number of aryl methyl sites for hydroxylation is 3. The summed E-state index contributed by atoms with van der Waals surface area (Å²) >= 11 is 0. The van der Waals surface area contributed by atoms with Gasteiger partial charge in [-0.05, 0) is 45.7 Å². The molecule has 0 amide bonds. The van der Waals surface area contributed by atoms with Gasteiger partial charge in [-0.15, -0.1) is 0 Å². The lowest BCUT2D eigenvalue weighted by Crippen LogP contribution is -2.48. The van der Waals surface area contributed by atoms with E-state index in [0.717, 1.165) is 48.9 Å². The Morgan fingerprint density at radius 2 is 1.88 bits per heavy atom. The zero-order valence-corrected chi connectivity index (χ0v) is 16.0. The molecule has 0 aliphatic carbocycles. The number of hydrogen-bond donors (Lipinski definition) is 0. The van der Waals surface area contributed by atoms with Crippen molar-refractivity contribution in [3.05, 3.63) is 50.9 Å². The molecule has 25 heavy (non-hydrogen) atoms. The summed E-state index contributed by atoms with van der Waals surface area (Å²) in [7, 11) is 0. The first-order valence-corrected chi connectivity index (χ1v) is 9.07. The van der Waals surface area contributed by atoms with Crippen LogP contribution in [0.4, 0.5) is 11.6 Å². The lowest BCUT2D eigenvalue weighted by Gasteiger charge is -2.39. The largest absolute Gasteiger partial charge is 0.298 e. The number of unbranched alkanes of at least 4 members (excludes halogenated alkanes) is 1. The van der Waals surface area contributed by atoms with Gasteiger partial charge < -0.3 is 0 Å². The Bertz CT molecular complexity index is 840. The molecule has 1 aromatic heterocycles. The first-order chi connectivity index (χ1) is 11.9. The van der Waals surface area contributed by atoms with Gasteiger partial charge in [0.25, 0.3) is 5.56 Å². The first-order valence-electron chi connectivity index (χ1n) is 9.07. The van der Waals surface area contributed by atoms with Gasteiger partial charge in [0.2, 0.25) is 5.95 Å². The Morgan fingerprint density at radius 3 is 2.56 bits per heavy atom. The van der Waals surface area contributed by atoms with Crippen molar-refractivity contribution in [1.82, 2.24) is 14.5 Å². The lowest BCUT2D eigenvalue weighted by molar-refractivity contribution is 0.195. The Labute approximate surface area is 149 Å². The molecule has 0 saturated heterocycles. The molecule has 2 heterocycles. The topological polar surface area (TPSA) is 41.4 Å². The van der Waals surface area contributed by atoms with E-state index in [9.17, 15) is 4.79 Å². The fraction of sp³-hybridized carbons (Fsp3) is 0.500. The predicted molar refractivity (Wildman–Crippen MR) is 103 cm³/mol. The fourth-order valence-electron chi connectivity index (χ4n) is 3.40. The van der Waals surface area contributed by atoms with Crippen LogP contribution in [0.25, 0.3) is 0 Å². The van der Waals surface area contributed by atoms with Crippen molar-refractivity contribution < 1.29 is 0 Å². The third kappa shape index (κ3) is 3.33. The van der Waals surface area contributed by atoms with Crippen molar-refractivity contribution in [2.75, 3.05) is 18.1 Å². The van der Waals surface area contributed by atoms with Crippen LogP contribution in [0.3, 0.4) is 0 Å². The molecule has 0 atom stereocenters. The summed E-state index contributed by atoms with van der Waals surface area (Å²) < 4.78 is 1.82. The highest BCUT2D eigenvalue weighted by atomic mass is 16.1. The number of rotatable bonds is 4. The molecule has 0 unspecified atom stereocenters. The molecule has 0 radical (unpaired) electrons. The number of hydrogen-bond acceptors (Lipinski definition) is 4. The molecular weight excluding hydrogens is 312 g/mol. The van der Waals surface area contributed by atoms with E-state index < -0.39 is 0 Å². The lowest BCUT2D eigenvalue weighted by atomic mass is 10.1. The van der Waals surface area contributed by atoms with Crippen LogP contribution in [0.1, 0.15) is 42.1 Å². The van der Waals surface area contributed by atoms with Crippen LogP contribution in [0, 0.1) is 27.7 Å². The summed E-state index contributed by atoms with van der Waals surface area (Å²) in [6.07, 6.45) is 2.27. The number of anilines is 2. The van der Waals surface area contributed by atoms with Crippen molar-refractivity contribution in [2.45, 2.75) is 54.1 Å². The molecule has 2 aromatic rings. The Kier molecular flexibility index (Phi) is 4.95. The monoisotopic (exact) mass is 340 g/mol. The number of fused-ring (bicyclic) bond motifs is 1. The molecule has 0 bridgehead atoms. The standard InChI is InChI=1S/C20H28N4O/c1-6-7-10-22-12-23(18-9-8-14(2)11-15(18)3)20-21-17(5)16(4)19(25)24(20)13-22/h8-9,11H,6-7,10,12-13H2,1-5H3. The maximum Gasteiger partial charge on any atom is 0.259 e. The van der Waals surface area contributed by atoms with Crippen LogP contribution in [0.15, 0.2) is 23.0 Å². The Morgan fingerprint density at radius 1 is 1.12 bits per heavy atom. The van der Waals surface area contributed by atoms with Gasteiger partial charge in [-0.25, -0.2) is 4.98 Å². The van der Waals surface area contributed by atoms with Crippen LogP contribution in [-0.2, 0) is 6.67 Å². The number of benzene rings is 1. The maximum absolute atomic E-state index is 12.8. The van der Waals surface area contributed by atoms with Crippen LogP contribution in [0.2, 0.25) is 0 Å². The van der Waals surface area contributed by atoms with Crippen LogP contribution in [-0.4, -0.2) is 27.7 Å². The average molecular weight is 340 g/mol. The highest BCUT2D eigenvalue weighted by Gasteiger charge is 2.27. The first kappa shape index (κ1) is 17.7. The molecule has 5 nitrogen and oxygen atoms in total. The molecule has 1 aromatic carbocycles. The second kappa shape index (κ2) is 7.00. The van der Waals surface area contributed by atoms with E-state index in [0.29, 0.717) is 6.67 Å². The molecule has 0 spiro atoms.